The summed E-state index contributed by atoms with van der Waals surface area (Å²) in [5.74, 6) is 0.607. The maximum atomic E-state index is 12.5. The fraction of sp³-hybridized carbons (Fsp3) is 0.929. The second-order valence-electron chi connectivity index (χ2n) is 6.76. The quantitative estimate of drug-likeness (QED) is 0.796. The van der Waals surface area contributed by atoms with Crippen LogP contribution in [0.25, 0.3) is 0 Å². The van der Waals surface area contributed by atoms with Gasteiger partial charge in [0, 0.05) is 25.0 Å². The predicted octanol–water partition coefficient (Wildman–Crippen LogP) is 1.88. The SMILES string of the molecule is CNC1CCN(C(=O)C2C(C)(C)C2(C)C)CC1. The molecule has 1 amide bonds. The van der Waals surface area contributed by atoms with Crippen LogP contribution in [0.15, 0.2) is 0 Å². The highest BCUT2D eigenvalue weighted by Crippen LogP contribution is 2.68. The zero-order chi connectivity index (χ0) is 12.8. The minimum atomic E-state index is 0.171. The Bertz CT molecular complexity index is 300. The number of carbonyl (C=O) groups is 1. The maximum Gasteiger partial charge on any atom is 0.226 e. The van der Waals surface area contributed by atoms with Crippen LogP contribution >= 0.6 is 0 Å². The van der Waals surface area contributed by atoms with Crippen LogP contribution in [0.1, 0.15) is 40.5 Å². The lowest BCUT2D eigenvalue weighted by molar-refractivity contribution is -0.135. The van der Waals surface area contributed by atoms with E-state index in [1.165, 1.54) is 0 Å². The zero-order valence-electron chi connectivity index (χ0n) is 11.8. The summed E-state index contributed by atoms with van der Waals surface area (Å²) in [6.07, 6.45) is 2.19. The van der Waals surface area contributed by atoms with Gasteiger partial charge in [0.05, 0.1) is 0 Å². The van der Waals surface area contributed by atoms with Crippen LogP contribution in [0, 0.1) is 16.7 Å². The maximum absolute atomic E-state index is 12.5. The first-order valence-corrected chi connectivity index (χ1v) is 6.78. The van der Waals surface area contributed by atoms with E-state index in [-0.39, 0.29) is 16.7 Å². The molecule has 3 nitrogen and oxygen atoms in total. The molecule has 2 rings (SSSR count). The summed E-state index contributed by atoms with van der Waals surface area (Å²) in [4.78, 5) is 14.6. The van der Waals surface area contributed by atoms with Gasteiger partial charge in [-0.1, -0.05) is 27.7 Å². The molecule has 0 radical (unpaired) electrons. The van der Waals surface area contributed by atoms with Gasteiger partial charge in [-0.15, -0.1) is 0 Å². The molecule has 1 N–H and O–H groups in total. The number of amides is 1. The van der Waals surface area contributed by atoms with Gasteiger partial charge in [0.2, 0.25) is 5.91 Å². The molecule has 98 valence electrons. The van der Waals surface area contributed by atoms with E-state index in [2.05, 4.69) is 37.9 Å². The van der Waals surface area contributed by atoms with Gasteiger partial charge in [-0.2, -0.15) is 0 Å². The number of carbonyl (C=O) groups excluding carboxylic acids is 1. The second-order valence-corrected chi connectivity index (χ2v) is 6.76. The topological polar surface area (TPSA) is 32.3 Å². The van der Waals surface area contributed by atoms with Gasteiger partial charge in [0.1, 0.15) is 0 Å². The van der Waals surface area contributed by atoms with Crippen molar-refractivity contribution in [2.45, 2.75) is 46.6 Å². The molecule has 2 aliphatic rings. The van der Waals surface area contributed by atoms with Crippen LogP contribution in [-0.4, -0.2) is 37.0 Å². The normalized spacial score (nSPS) is 28.2. The van der Waals surface area contributed by atoms with Gasteiger partial charge >= 0.3 is 0 Å². The van der Waals surface area contributed by atoms with E-state index in [0.29, 0.717) is 11.9 Å². The first kappa shape index (κ1) is 12.9. The van der Waals surface area contributed by atoms with Gasteiger partial charge in [-0.3, -0.25) is 4.79 Å². The number of rotatable bonds is 2. The molecule has 0 spiro atoms. The van der Waals surface area contributed by atoms with Crippen molar-refractivity contribution in [2.24, 2.45) is 16.7 Å². The third-order valence-electron chi connectivity index (χ3n) is 5.48. The first-order chi connectivity index (χ1) is 7.82. The molecule has 0 aromatic rings. The summed E-state index contributed by atoms with van der Waals surface area (Å²) >= 11 is 0. The molecule has 3 heteroatoms. The zero-order valence-corrected chi connectivity index (χ0v) is 11.8. The summed E-state index contributed by atoms with van der Waals surface area (Å²) in [6.45, 7) is 10.7. The van der Waals surface area contributed by atoms with E-state index in [1.807, 2.05) is 7.05 Å². The van der Waals surface area contributed by atoms with E-state index >= 15 is 0 Å². The highest BCUT2D eigenvalue weighted by atomic mass is 16.2. The number of nitrogens with zero attached hydrogens (tertiary/aromatic N) is 1. The predicted molar refractivity (Wildman–Crippen MR) is 69.7 cm³/mol. The van der Waals surface area contributed by atoms with Crippen LogP contribution in [0.2, 0.25) is 0 Å². The van der Waals surface area contributed by atoms with E-state index in [4.69, 9.17) is 0 Å². The molecule has 1 saturated heterocycles. The van der Waals surface area contributed by atoms with Gasteiger partial charge in [-0.05, 0) is 30.7 Å². The molecule has 1 aliphatic heterocycles. The minimum Gasteiger partial charge on any atom is -0.342 e. The Morgan fingerprint density at radius 1 is 1.12 bits per heavy atom. The molecule has 2 fully saturated rings. The van der Waals surface area contributed by atoms with E-state index in [0.717, 1.165) is 25.9 Å². The van der Waals surface area contributed by atoms with Crippen LogP contribution in [0.3, 0.4) is 0 Å². The highest BCUT2D eigenvalue weighted by Gasteiger charge is 2.68. The molecule has 17 heavy (non-hydrogen) atoms. The number of hydrogen-bond donors (Lipinski definition) is 1. The van der Waals surface area contributed by atoms with Crippen molar-refractivity contribution in [3.63, 3.8) is 0 Å². The number of piperidine rings is 1. The fourth-order valence-corrected chi connectivity index (χ4v) is 3.38. The summed E-state index contributed by atoms with van der Waals surface area (Å²) < 4.78 is 0. The standard InChI is InChI=1S/C14H26N2O/c1-13(2)11(14(13,3)4)12(17)16-8-6-10(15-5)7-9-16/h10-11,15H,6-9H2,1-5H3. The van der Waals surface area contributed by atoms with Crippen molar-refractivity contribution in [1.29, 1.82) is 0 Å². The fourth-order valence-electron chi connectivity index (χ4n) is 3.38. The largest absolute Gasteiger partial charge is 0.342 e. The third kappa shape index (κ3) is 1.88. The molecule has 1 heterocycles. The summed E-state index contributed by atoms with van der Waals surface area (Å²) in [5.41, 5.74) is 0.341. The molecular formula is C14H26N2O. The Hall–Kier alpha value is -0.570. The van der Waals surface area contributed by atoms with Crippen molar-refractivity contribution in [3.05, 3.63) is 0 Å². The van der Waals surface area contributed by atoms with E-state index in [1.54, 1.807) is 0 Å². The van der Waals surface area contributed by atoms with Gasteiger partial charge in [-0.25, -0.2) is 0 Å². The summed E-state index contributed by atoms with van der Waals surface area (Å²) in [5, 5.41) is 3.30. The Morgan fingerprint density at radius 3 is 1.94 bits per heavy atom. The molecular weight excluding hydrogens is 212 g/mol. The van der Waals surface area contributed by atoms with E-state index < -0.39 is 0 Å². The minimum absolute atomic E-state index is 0.171. The molecule has 0 unspecified atom stereocenters. The summed E-state index contributed by atoms with van der Waals surface area (Å²) in [6, 6.07) is 0.597. The lowest BCUT2D eigenvalue weighted by atomic mass is 10.0. The van der Waals surface area contributed by atoms with Crippen molar-refractivity contribution in [1.82, 2.24) is 10.2 Å². The lowest BCUT2D eigenvalue weighted by Gasteiger charge is -2.32. The third-order valence-corrected chi connectivity index (χ3v) is 5.48. The average molecular weight is 238 g/mol. The van der Waals surface area contributed by atoms with Crippen molar-refractivity contribution in [3.8, 4) is 0 Å². The van der Waals surface area contributed by atoms with Crippen LogP contribution in [0.4, 0.5) is 0 Å². The van der Waals surface area contributed by atoms with Crippen LogP contribution < -0.4 is 5.32 Å². The molecule has 0 aromatic carbocycles. The van der Waals surface area contributed by atoms with Crippen molar-refractivity contribution in [2.75, 3.05) is 20.1 Å². The Labute approximate surface area is 105 Å². The van der Waals surface area contributed by atoms with Crippen LogP contribution in [0.5, 0.6) is 0 Å². The molecule has 0 bridgehead atoms. The molecule has 0 aromatic heterocycles. The van der Waals surface area contributed by atoms with Gasteiger partial charge in [0.25, 0.3) is 0 Å². The smallest absolute Gasteiger partial charge is 0.226 e. The van der Waals surface area contributed by atoms with Crippen molar-refractivity contribution < 1.29 is 4.79 Å². The van der Waals surface area contributed by atoms with Gasteiger partial charge in [0.15, 0.2) is 0 Å². The van der Waals surface area contributed by atoms with Crippen molar-refractivity contribution >= 4 is 5.91 Å². The molecule has 0 atom stereocenters. The monoisotopic (exact) mass is 238 g/mol. The first-order valence-electron chi connectivity index (χ1n) is 6.78. The van der Waals surface area contributed by atoms with Gasteiger partial charge < -0.3 is 10.2 Å². The molecule has 1 aliphatic carbocycles. The second kappa shape index (κ2) is 3.98. The van der Waals surface area contributed by atoms with Crippen LogP contribution in [-0.2, 0) is 4.79 Å². The summed E-state index contributed by atoms with van der Waals surface area (Å²) in [7, 11) is 2.01. The lowest BCUT2D eigenvalue weighted by Crippen LogP contribution is -2.45. The Morgan fingerprint density at radius 2 is 1.59 bits per heavy atom. The number of nitrogens with one attached hydrogen (secondary N) is 1. The Balaban J connectivity index is 1.95. The molecule has 1 saturated carbocycles. The number of hydrogen-bond acceptors (Lipinski definition) is 2. The Kier molecular flexibility index (Phi) is 3.01. The number of likely N-dealkylation sites (tertiary alicyclic amines) is 1. The van der Waals surface area contributed by atoms with E-state index in [9.17, 15) is 4.79 Å². The average Bonchev–Trinajstić information content (AvgIpc) is 2.69. The highest BCUT2D eigenvalue weighted by molar-refractivity contribution is 5.84.